The zero-order valence-electron chi connectivity index (χ0n) is 13.4. The van der Waals surface area contributed by atoms with Crippen LogP contribution in [0.2, 0.25) is 5.02 Å². The minimum atomic E-state index is -3.80. The van der Waals surface area contributed by atoms with Crippen LogP contribution in [0.25, 0.3) is 11.0 Å². The van der Waals surface area contributed by atoms with Crippen molar-refractivity contribution in [3.8, 4) is 0 Å². The first-order chi connectivity index (χ1) is 12.4. The zero-order valence-corrected chi connectivity index (χ0v) is 15.8. The number of thioether (sulfide) groups is 1. The SMILES string of the molecule is Cc1cc2c(cc1Cl)SC(NNc1cnc3ccccc3n1)=NS2(=O)=O. The van der Waals surface area contributed by atoms with Gasteiger partial charge < -0.3 is 0 Å². The van der Waals surface area contributed by atoms with Crippen molar-refractivity contribution in [2.45, 2.75) is 16.7 Å². The largest absolute Gasteiger partial charge is 0.285 e. The van der Waals surface area contributed by atoms with E-state index in [9.17, 15) is 8.42 Å². The van der Waals surface area contributed by atoms with Crippen LogP contribution in [0.1, 0.15) is 5.56 Å². The molecular formula is C16H12ClN5O2S2. The average molecular weight is 406 g/mol. The summed E-state index contributed by atoms with van der Waals surface area (Å²) in [5.74, 6) is 0.442. The summed E-state index contributed by atoms with van der Waals surface area (Å²) < 4.78 is 28.6. The van der Waals surface area contributed by atoms with Crippen molar-refractivity contribution in [2.24, 2.45) is 4.40 Å². The fourth-order valence-corrected chi connectivity index (χ4v) is 5.14. The highest BCUT2D eigenvalue weighted by molar-refractivity contribution is 8.15. The summed E-state index contributed by atoms with van der Waals surface area (Å²) in [5, 5.41) is 0.674. The molecule has 1 aliphatic rings. The molecule has 1 aliphatic heterocycles. The second-order valence-corrected chi connectivity index (χ2v) is 8.53. The number of amidine groups is 1. The molecule has 3 aromatic rings. The molecule has 0 saturated carbocycles. The van der Waals surface area contributed by atoms with E-state index in [-0.39, 0.29) is 10.1 Å². The lowest BCUT2D eigenvalue weighted by molar-refractivity contribution is 0.595. The Hall–Kier alpha value is -2.36. The highest BCUT2D eigenvalue weighted by Crippen LogP contribution is 2.36. The van der Waals surface area contributed by atoms with Crippen molar-refractivity contribution in [1.29, 1.82) is 0 Å². The van der Waals surface area contributed by atoms with Gasteiger partial charge in [0.05, 0.1) is 17.2 Å². The van der Waals surface area contributed by atoms with E-state index in [1.165, 1.54) is 17.8 Å². The van der Waals surface area contributed by atoms with Gasteiger partial charge in [0.1, 0.15) is 4.90 Å². The van der Waals surface area contributed by atoms with Gasteiger partial charge in [-0.1, -0.05) is 23.7 Å². The number of aromatic nitrogens is 2. The van der Waals surface area contributed by atoms with Crippen LogP contribution in [0, 0.1) is 6.92 Å². The molecule has 0 amide bonds. The summed E-state index contributed by atoms with van der Waals surface area (Å²) in [4.78, 5) is 9.35. The molecular weight excluding hydrogens is 394 g/mol. The molecule has 0 aliphatic carbocycles. The van der Waals surface area contributed by atoms with E-state index >= 15 is 0 Å². The molecule has 0 unspecified atom stereocenters. The second kappa shape index (κ2) is 6.42. The molecule has 0 radical (unpaired) electrons. The molecule has 132 valence electrons. The van der Waals surface area contributed by atoms with Gasteiger partial charge in [-0.25, -0.2) is 4.98 Å². The fraction of sp³-hybridized carbons (Fsp3) is 0.0625. The Kier molecular flexibility index (Phi) is 4.22. The summed E-state index contributed by atoms with van der Waals surface area (Å²) in [6.45, 7) is 1.75. The van der Waals surface area contributed by atoms with Crippen LogP contribution in [0.4, 0.5) is 5.82 Å². The monoisotopic (exact) mass is 405 g/mol. The van der Waals surface area contributed by atoms with Gasteiger partial charge >= 0.3 is 0 Å². The molecule has 0 spiro atoms. The van der Waals surface area contributed by atoms with Gasteiger partial charge in [-0.05, 0) is 48.5 Å². The van der Waals surface area contributed by atoms with Gasteiger partial charge in [0, 0.05) is 9.92 Å². The molecule has 4 rings (SSSR count). The third kappa shape index (κ3) is 3.20. The number of benzene rings is 2. The van der Waals surface area contributed by atoms with Gasteiger partial charge in [-0.2, -0.15) is 8.42 Å². The minimum absolute atomic E-state index is 0.153. The number of sulfonamides is 1. The van der Waals surface area contributed by atoms with Crippen LogP contribution in [0.3, 0.4) is 0 Å². The smallest absolute Gasteiger partial charge is 0.281 e. The van der Waals surface area contributed by atoms with Gasteiger partial charge in [-0.3, -0.25) is 15.8 Å². The minimum Gasteiger partial charge on any atom is -0.281 e. The normalized spacial score (nSPS) is 15.2. The molecule has 1 aromatic heterocycles. The maximum Gasteiger partial charge on any atom is 0.285 e. The predicted molar refractivity (Wildman–Crippen MR) is 103 cm³/mol. The summed E-state index contributed by atoms with van der Waals surface area (Å²) >= 11 is 7.28. The number of rotatable bonds is 2. The standard InChI is InChI=1S/C16H12ClN5O2S2/c1-9-6-14-13(7-10(9)17)25-16(22-26(14,23)24)21-20-15-8-18-11-4-2-3-5-12(11)19-15/h2-8H,1H3,(H,19,20)(H,21,22). The summed E-state index contributed by atoms with van der Waals surface area (Å²) in [6, 6.07) is 10.6. The van der Waals surface area contributed by atoms with Crippen molar-refractivity contribution < 1.29 is 8.42 Å². The predicted octanol–water partition coefficient (Wildman–Crippen LogP) is 3.36. The quantitative estimate of drug-likeness (QED) is 0.631. The van der Waals surface area contributed by atoms with E-state index in [0.717, 1.165) is 11.0 Å². The van der Waals surface area contributed by atoms with Crippen LogP contribution < -0.4 is 10.9 Å². The number of para-hydroxylation sites is 2. The number of nitrogens with zero attached hydrogens (tertiary/aromatic N) is 3. The van der Waals surface area contributed by atoms with Gasteiger partial charge in [-0.15, -0.1) is 4.40 Å². The Morgan fingerprint density at radius 1 is 1.12 bits per heavy atom. The number of hydrogen-bond acceptors (Lipinski definition) is 7. The Labute approximate surface area is 158 Å². The molecule has 0 bridgehead atoms. The first-order valence-electron chi connectivity index (χ1n) is 7.49. The lowest BCUT2D eigenvalue weighted by Crippen LogP contribution is -2.30. The number of anilines is 1. The van der Waals surface area contributed by atoms with Crippen LogP contribution in [-0.4, -0.2) is 23.6 Å². The lowest BCUT2D eigenvalue weighted by atomic mass is 10.2. The molecule has 2 N–H and O–H groups in total. The maximum absolute atomic E-state index is 12.4. The van der Waals surface area contributed by atoms with Crippen molar-refractivity contribution in [3.05, 3.63) is 53.2 Å². The number of hydrogen-bond donors (Lipinski definition) is 2. The first kappa shape index (κ1) is 17.1. The van der Waals surface area contributed by atoms with Gasteiger partial charge in [0.2, 0.25) is 0 Å². The summed E-state index contributed by atoms with van der Waals surface area (Å²) in [7, 11) is -3.80. The van der Waals surface area contributed by atoms with Crippen LogP contribution >= 0.6 is 23.4 Å². The van der Waals surface area contributed by atoms with E-state index in [4.69, 9.17) is 11.6 Å². The van der Waals surface area contributed by atoms with E-state index in [2.05, 4.69) is 25.2 Å². The molecule has 0 fully saturated rings. The number of fused-ring (bicyclic) bond motifs is 2. The third-order valence-electron chi connectivity index (χ3n) is 3.66. The van der Waals surface area contributed by atoms with Crippen molar-refractivity contribution in [2.75, 3.05) is 5.43 Å². The van der Waals surface area contributed by atoms with Crippen LogP contribution in [0.15, 0.2) is 56.8 Å². The summed E-state index contributed by atoms with van der Waals surface area (Å²) in [6.07, 6.45) is 1.55. The maximum atomic E-state index is 12.4. The van der Waals surface area contributed by atoms with Crippen molar-refractivity contribution in [1.82, 2.24) is 15.4 Å². The molecule has 0 saturated heterocycles. The zero-order chi connectivity index (χ0) is 18.3. The highest BCUT2D eigenvalue weighted by Gasteiger charge is 2.27. The van der Waals surface area contributed by atoms with E-state index in [1.54, 1.807) is 19.2 Å². The number of hydrazine groups is 1. The van der Waals surface area contributed by atoms with Crippen LogP contribution in [-0.2, 0) is 10.0 Å². The topological polar surface area (TPSA) is 96.3 Å². The Morgan fingerprint density at radius 2 is 1.88 bits per heavy atom. The van der Waals surface area contributed by atoms with Gasteiger partial charge in [0.15, 0.2) is 11.0 Å². The molecule has 10 heteroatoms. The van der Waals surface area contributed by atoms with Crippen molar-refractivity contribution in [3.63, 3.8) is 0 Å². The molecule has 0 atom stereocenters. The van der Waals surface area contributed by atoms with E-state index in [0.29, 0.717) is 21.3 Å². The summed E-state index contributed by atoms with van der Waals surface area (Å²) in [5.41, 5.74) is 7.77. The van der Waals surface area contributed by atoms with Gasteiger partial charge in [0.25, 0.3) is 10.0 Å². The first-order valence-corrected chi connectivity index (χ1v) is 10.1. The number of aryl methyl sites for hydroxylation is 1. The lowest BCUT2D eigenvalue weighted by Gasteiger charge is -2.18. The highest BCUT2D eigenvalue weighted by atomic mass is 35.5. The second-order valence-electron chi connectivity index (χ2n) is 5.52. The number of halogens is 1. The Bertz CT molecular complexity index is 1160. The third-order valence-corrected chi connectivity index (χ3v) is 6.57. The average Bonchev–Trinajstić information content (AvgIpc) is 2.61. The molecule has 7 nitrogen and oxygen atoms in total. The van der Waals surface area contributed by atoms with Crippen molar-refractivity contribution >= 4 is 55.4 Å². The number of nitrogens with one attached hydrogen (secondary N) is 2. The molecule has 2 heterocycles. The Morgan fingerprint density at radius 3 is 2.69 bits per heavy atom. The van der Waals surface area contributed by atoms with Crippen LogP contribution in [0.5, 0.6) is 0 Å². The van der Waals surface area contributed by atoms with E-state index in [1.807, 2.05) is 24.3 Å². The van der Waals surface area contributed by atoms with E-state index < -0.39 is 10.0 Å². The molecule has 26 heavy (non-hydrogen) atoms. The Balaban J connectivity index is 1.58. The molecule has 2 aromatic carbocycles. The fourth-order valence-electron chi connectivity index (χ4n) is 2.38.